The van der Waals surface area contributed by atoms with Crippen molar-refractivity contribution in [1.82, 2.24) is 4.90 Å². The number of hydrogen-bond donors (Lipinski definition) is 1. The summed E-state index contributed by atoms with van der Waals surface area (Å²) in [6, 6.07) is 11.8. The first-order valence-corrected chi connectivity index (χ1v) is 9.47. The summed E-state index contributed by atoms with van der Waals surface area (Å²) in [7, 11) is 3.12. The normalized spacial score (nSPS) is 16.3. The van der Waals surface area contributed by atoms with Crippen LogP contribution in [0.4, 0.5) is 0 Å². The zero-order valence-electron chi connectivity index (χ0n) is 16.4. The van der Waals surface area contributed by atoms with Gasteiger partial charge >= 0.3 is 0 Å². The Balaban J connectivity index is 1.92. The first-order chi connectivity index (χ1) is 13.9. The Morgan fingerprint density at radius 2 is 1.83 bits per heavy atom. The molecule has 0 radical (unpaired) electrons. The van der Waals surface area contributed by atoms with Crippen molar-refractivity contribution in [3.8, 4) is 11.5 Å². The number of ether oxygens (including phenoxy) is 2. The lowest BCUT2D eigenvalue weighted by molar-refractivity contribution is -0.129. The summed E-state index contributed by atoms with van der Waals surface area (Å²) in [5.74, 6) is -0.267. The average Bonchev–Trinajstić information content (AvgIpc) is 2.97. The number of aliphatic hydroxyl groups is 1. The molecule has 1 N–H and O–H groups in total. The third-order valence-electron chi connectivity index (χ3n) is 4.97. The lowest BCUT2D eigenvalue weighted by Gasteiger charge is -2.27. The molecule has 1 heterocycles. The standard InChI is InChI=1S/C22H22ClNO5/c1-13(25)19-20(15-6-4-5-7-16(15)23)24(22(27)21(19)26)11-10-14-8-9-17(28-2)18(12-14)29-3/h4-9,12,20,26H,10-11H2,1-3H3/t20-/m0/s1. The molecule has 0 aliphatic carbocycles. The molecule has 0 aromatic heterocycles. The van der Waals surface area contributed by atoms with Crippen LogP contribution in [0.25, 0.3) is 0 Å². The molecule has 1 aliphatic rings. The highest BCUT2D eigenvalue weighted by Gasteiger charge is 2.42. The smallest absolute Gasteiger partial charge is 0.290 e. The van der Waals surface area contributed by atoms with Gasteiger partial charge in [-0.05, 0) is 42.7 Å². The SMILES string of the molecule is COc1ccc(CCN2C(=O)C(O)=C(C(C)=O)[C@@H]2c2ccccc2Cl)cc1OC. The number of amides is 1. The summed E-state index contributed by atoms with van der Waals surface area (Å²) >= 11 is 6.34. The third kappa shape index (κ3) is 3.93. The van der Waals surface area contributed by atoms with Crippen LogP contribution in [0, 0.1) is 0 Å². The van der Waals surface area contributed by atoms with Gasteiger partial charge in [0.2, 0.25) is 0 Å². The highest BCUT2D eigenvalue weighted by molar-refractivity contribution is 6.31. The van der Waals surface area contributed by atoms with Crippen LogP contribution >= 0.6 is 11.6 Å². The quantitative estimate of drug-likeness (QED) is 0.742. The highest BCUT2D eigenvalue weighted by Crippen LogP contribution is 2.40. The molecule has 2 aromatic rings. The minimum atomic E-state index is -0.728. The van der Waals surface area contributed by atoms with Crippen LogP contribution in [0.1, 0.15) is 24.1 Å². The predicted molar refractivity (Wildman–Crippen MR) is 109 cm³/mol. The molecule has 6 nitrogen and oxygen atoms in total. The molecule has 29 heavy (non-hydrogen) atoms. The molecule has 0 unspecified atom stereocenters. The summed E-state index contributed by atoms with van der Waals surface area (Å²) in [5, 5.41) is 10.8. The summed E-state index contributed by atoms with van der Waals surface area (Å²) in [5.41, 5.74) is 1.59. The van der Waals surface area contributed by atoms with Gasteiger partial charge in [-0.3, -0.25) is 9.59 Å². The molecule has 2 aromatic carbocycles. The number of rotatable bonds is 7. The molecule has 3 rings (SSSR count). The second kappa shape index (κ2) is 8.57. The van der Waals surface area contributed by atoms with Gasteiger partial charge in [-0.15, -0.1) is 0 Å². The molecule has 1 amide bonds. The molecule has 0 saturated heterocycles. The Bertz CT molecular complexity index is 985. The van der Waals surface area contributed by atoms with Crippen LogP contribution in [-0.4, -0.2) is 42.5 Å². The number of methoxy groups -OCH3 is 2. The second-order valence-corrected chi connectivity index (χ2v) is 7.09. The maximum atomic E-state index is 12.7. The van der Waals surface area contributed by atoms with Gasteiger partial charge in [0.1, 0.15) is 0 Å². The number of carbonyl (C=O) groups is 2. The topological polar surface area (TPSA) is 76.1 Å². The first kappa shape index (κ1) is 20.7. The number of Topliss-reactive ketones (excluding diaryl/α,β-unsaturated/α-hetero) is 1. The molecular formula is C22H22ClNO5. The Kier molecular flexibility index (Phi) is 6.13. The van der Waals surface area contributed by atoms with Crippen molar-refractivity contribution in [3.05, 3.63) is 69.9 Å². The summed E-state index contributed by atoms with van der Waals surface area (Å²) in [4.78, 5) is 26.4. The fourth-order valence-corrected chi connectivity index (χ4v) is 3.79. The number of hydrogen-bond acceptors (Lipinski definition) is 5. The first-order valence-electron chi connectivity index (χ1n) is 9.09. The van der Waals surface area contributed by atoms with Crippen molar-refractivity contribution in [2.45, 2.75) is 19.4 Å². The van der Waals surface area contributed by atoms with Gasteiger partial charge in [-0.1, -0.05) is 35.9 Å². The number of benzene rings is 2. The van der Waals surface area contributed by atoms with Crippen molar-refractivity contribution >= 4 is 23.3 Å². The number of ketones is 1. The highest BCUT2D eigenvalue weighted by atomic mass is 35.5. The van der Waals surface area contributed by atoms with Crippen molar-refractivity contribution in [2.24, 2.45) is 0 Å². The number of halogens is 1. The van der Waals surface area contributed by atoms with Crippen LogP contribution in [-0.2, 0) is 16.0 Å². The minimum Gasteiger partial charge on any atom is -0.503 e. The van der Waals surface area contributed by atoms with E-state index in [4.69, 9.17) is 21.1 Å². The number of nitrogens with zero attached hydrogens (tertiary/aromatic N) is 1. The lowest BCUT2D eigenvalue weighted by Crippen LogP contribution is -2.33. The maximum Gasteiger partial charge on any atom is 0.290 e. The summed E-state index contributed by atoms with van der Waals surface area (Å²) in [6.07, 6.45) is 0.492. The van der Waals surface area contributed by atoms with Gasteiger partial charge in [0.25, 0.3) is 5.91 Å². The second-order valence-electron chi connectivity index (χ2n) is 6.68. The van der Waals surface area contributed by atoms with Crippen LogP contribution in [0.3, 0.4) is 0 Å². The van der Waals surface area contributed by atoms with Crippen molar-refractivity contribution in [3.63, 3.8) is 0 Å². The van der Waals surface area contributed by atoms with E-state index in [-0.39, 0.29) is 17.9 Å². The molecule has 0 saturated carbocycles. The van der Waals surface area contributed by atoms with E-state index in [1.807, 2.05) is 12.1 Å². The van der Waals surface area contributed by atoms with Crippen LogP contribution in [0.2, 0.25) is 5.02 Å². The lowest BCUT2D eigenvalue weighted by atomic mass is 9.96. The van der Waals surface area contributed by atoms with Gasteiger partial charge in [0.15, 0.2) is 23.0 Å². The van der Waals surface area contributed by atoms with Gasteiger partial charge in [-0.2, -0.15) is 0 Å². The van der Waals surface area contributed by atoms with E-state index in [1.54, 1.807) is 44.6 Å². The molecule has 7 heteroatoms. The van der Waals surface area contributed by atoms with Crippen molar-refractivity contribution < 1.29 is 24.2 Å². The third-order valence-corrected chi connectivity index (χ3v) is 5.32. The van der Waals surface area contributed by atoms with Gasteiger partial charge in [0.05, 0.1) is 25.8 Å². The Hall–Kier alpha value is -2.99. The van der Waals surface area contributed by atoms with Gasteiger partial charge < -0.3 is 19.5 Å². The molecule has 152 valence electrons. The van der Waals surface area contributed by atoms with Gasteiger partial charge in [0, 0.05) is 11.6 Å². The summed E-state index contributed by atoms with van der Waals surface area (Å²) < 4.78 is 10.6. The molecule has 0 fully saturated rings. The molecule has 0 bridgehead atoms. The number of carbonyl (C=O) groups excluding carboxylic acids is 2. The molecule has 0 spiro atoms. The maximum absolute atomic E-state index is 12.7. The van der Waals surface area contributed by atoms with Crippen LogP contribution in [0.15, 0.2) is 53.8 Å². The Morgan fingerprint density at radius 3 is 2.45 bits per heavy atom. The van der Waals surface area contributed by atoms with Crippen molar-refractivity contribution in [1.29, 1.82) is 0 Å². The molecule has 1 aliphatic heterocycles. The Labute approximate surface area is 174 Å². The Morgan fingerprint density at radius 1 is 1.14 bits per heavy atom. The minimum absolute atomic E-state index is 0.0652. The van der Waals surface area contributed by atoms with E-state index in [0.29, 0.717) is 28.5 Å². The summed E-state index contributed by atoms with van der Waals surface area (Å²) in [6.45, 7) is 1.62. The van der Waals surface area contributed by atoms with E-state index < -0.39 is 17.7 Å². The zero-order chi connectivity index (χ0) is 21.1. The van der Waals surface area contributed by atoms with E-state index in [0.717, 1.165) is 5.56 Å². The average molecular weight is 416 g/mol. The largest absolute Gasteiger partial charge is 0.503 e. The van der Waals surface area contributed by atoms with Crippen molar-refractivity contribution in [2.75, 3.05) is 20.8 Å². The zero-order valence-corrected chi connectivity index (χ0v) is 17.2. The molecule has 1 atom stereocenters. The van der Waals surface area contributed by atoms with E-state index in [2.05, 4.69) is 0 Å². The van der Waals surface area contributed by atoms with E-state index in [9.17, 15) is 14.7 Å². The van der Waals surface area contributed by atoms with Crippen LogP contribution < -0.4 is 9.47 Å². The predicted octanol–water partition coefficient (Wildman–Crippen LogP) is 3.88. The van der Waals surface area contributed by atoms with Crippen LogP contribution in [0.5, 0.6) is 11.5 Å². The molecular weight excluding hydrogens is 394 g/mol. The fourth-order valence-electron chi connectivity index (χ4n) is 3.55. The monoisotopic (exact) mass is 415 g/mol. The van der Waals surface area contributed by atoms with E-state index >= 15 is 0 Å². The van der Waals surface area contributed by atoms with Gasteiger partial charge in [-0.25, -0.2) is 0 Å². The van der Waals surface area contributed by atoms with E-state index in [1.165, 1.54) is 11.8 Å². The number of aliphatic hydroxyl groups excluding tert-OH is 1. The fraction of sp³-hybridized carbons (Fsp3) is 0.273.